The molecule has 2 N–H and O–H groups in total. The molecular formula is C30H32N4O7. The number of hydrogen-bond donors (Lipinski definition) is 2. The highest BCUT2D eigenvalue weighted by molar-refractivity contribution is 6.23. The maximum atomic E-state index is 13.7. The number of carbonyl (C=O) groups excluding carboxylic acids is 5. The molecule has 11 heteroatoms. The Bertz CT molecular complexity index is 1400. The van der Waals surface area contributed by atoms with Gasteiger partial charge in [-0.2, -0.15) is 0 Å². The number of nitrogens with zero attached hydrogens (tertiary/aromatic N) is 3. The largest absolute Gasteiger partial charge is 0.481 e. The summed E-state index contributed by atoms with van der Waals surface area (Å²) in [4.78, 5) is 82.2. The zero-order valence-electron chi connectivity index (χ0n) is 22.8. The summed E-state index contributed by atoms with van der Waals surface area (Å²) >= 11 is 0. The van der Waals surface area contributed by atoms with Crippen LogP contribution in [0.1, 0.15) is 65.3 Å². The van der Waals surface area contributed by atoms with Crippen LogP contribution in [0.2, 0.25) is 0 Å². The standard InChI is InChI=1S/C30H32N4O7/c1-30(29(40)41,21-11-5-6-12-22(21)31-24(35)17-32-15-7-2-8-16-32)18-33-25(36)14-13-23(28(33)39)34-26(37)19-9-3-4-10-20(19)27(34)38/h3-6,9-12,23H,2,7-8,13-18H2,1H3,(H,31,35)(H,40,41)/t23?,30-/m1/s1. The molecule has 5 rings (SSSR count). The number of carboxylic acids is 1. The molecule has 0 aromatic heterocycles. The van der Waals surface area contributed by atoms with Gasteiger partial charge in [-0.15, -0.1) is 0 Å². The van der Waals surface area contributed by atoms with Crippen LogP contribution in [-0.4, -0.2) is 87.5 Å². The van der Waals surface area contributed by atoms with E-state index in [2.05, 4.69) is 5.32 Å². The van der Waals surface area contributed by atoms with Gasteiger partial charge in [0.05, 0.1) is 17.7 Å². The Hall–Kier alpha value is -4.38. The molecule has 0 aliphatic carbocycles. The van der Waals surface area contributed by atoms with Crippen molar-refractivity contribution in [3.8, 4) is 0 Å². The van der Waals surface area contributed by atoms with Gasteiger partial charge >= 0.3 is 5.97 Å². The van der Waals surface area contributed by atoms with Crippen LogP contribution in [0.5, 0.6) is 0 Å². The number of carboxylic acid groups (broad SMARTS) is 1. The van der Waals surface area contributed by atoms with E-state index in [1.807, 2.05) is 4.90 Å². The van der Waals surface area contributed by atoms with Crippen molar-refractivity contribution in [1.29, 1.82) is 0 Å². The van der Waals surface area contributed by atoms with Crippen molar-refractivity contribution in [2.45, 2.75) is 50.5 Å². The van der Waals surface area contributed by atoms with Gasteiger partial charge in [0.15, 0.2) is 0 Å². The second-order valence-electron chi connectivity index (χ2n) is 11.0. The van der Waals surface area contributed by atoms with Gasteiger partial charge in [-0.3, -0.25) is 43.5 Å². The molecule has 0 spiro atoms. The average molecular weight is 561 g/mol. The predicted octanol–water partition coefficient (Wildman–Crippen LogP) is 2.27. The van der Waals surface area contributed by atoms with E-state index in [1.165, 1.54) is 19.1 Å². The molecular weight excluding hydrogens is 528 g/mol. The molecule has 3 aliphatic heterocycles. The Morgan fingerprint density at radius 3 is 2.17 bits per heavy atom. The van der Waals surface area contributed by atoms with Gasteiger partial charge in [-0.25, -0.2) is 0 Å². The second-order valence-corrected chi connectivity index (χ2v) is 11.0. The van der Waals surface area contributed by atoms with Crippen LogP contribution in [0.4, 0.5) is 5.69 Å². The quantitative estimate of drug-likeness (QED) is 0.468. The molecule has 5 amide bonds. The molecule has 0 saturated carbocycles. The van der Waals surface area contributed by atoms with E-state index in [9.17, 15) is 33.9 Å². The summed E-state index contributed by atoms with van der Waals surface area (Å²) in [5, 5.41) is 13.2. The molecule has 1 unspecified atom stereocenters. The summed E-state index contributed by atoms with van der Waals surface area (Å²) < 4.78 is 0. The van der Waals surface area contributed by atoms with Crippen LogP contribution >= 0.6 is 0 Å². The fourth-order valence-corrected chi connectivity index (χ4v) is 5.89. The molecule has 2 fully saturated rings. The molecule has 0 radical (unpaired) electrons. The number of amides is 5. The molecule has 2 aromatic carbocycles. The monoisotopic (exact) mass is 560 g/mol. The summed E-state index contributed by atoms with van der Waals surface area (Å²) in [5.74, 6) is -4.25. The number of anilines is 1. The van der Waals surface area contributed by atoms with E-state index >= 15 is 0 Å². The Morgan fingerprint density at radius 2 is 1.54 bits per heavy atom. The van der Waals surface area contributed by atoms with E-state index in [-0.39, 0.29) is 47.7 Å². The summed E-state index contributed by atoms with van der Waals surface area (Å²) in [6.45, 7) is 2.64. The third kappa shape index (κ3) is 5.24. The van der Waals surface area contributed by atoms with Crippen LogP contribution in [0.15, 0.2) is 48.5 Å². The topological polar surface area (TPSA) is 144 Å². The van der Waals surface area contributed by atoms with Crippen molar-refractivity contribution < 1.29 is 33.9 Å². The van der Waals surface area contributed by atoms with Crippen molar-refractivity contribution in [1.82, 2.24) is 14.7 Å². The summed E-state index contributed by atoms with van der Waals surface area (Å²) in [6, 6.07) is 11.4. The van der Waals surface area contributed by atoms with E-state index in [0.717, 1.165) is 42.2 Å². The normalized spacial score (nSPS) is 21.0. The Labute approximate surface area is 237 Å². The lowest BCUT2D eigenvalue weighted by atomic mass is 9.80. The lowest BCUT2D eigenvalue weighted by Gasteiger charge is -2.38. The fourth-order valence-electron chi connectivity index (χ4n) is 5.89. The number of likely N-dealkylation sites (tertiary alicyclic amines) is 2. The first-order valence-corrected chi connectivity index (χ1v) is 13.8. The van der Waals surface area contributed by atoms with Gasteiger partial charge in [0.25, 0.3) is 17.7 Å². The number of fused-ring (bicyclic) bond motifs is 1. The fraction of sp³-hybridized carbons (Fsp3) is 0.400. The minimum absolute atomic E-state index is 0.0490. The third-order valence-corrected chi connectivity index (χ3v) is 8.18. The van der Waals surface area contributed by atoms with Crippen molar-refractivity contribution in [2.75, 3.05) is 31.5 Å². The predicted molar refractivity (Wildman–Crippen MR) is 147 cm³/mol. The minimum Gasteiger partial charge on any atom is -0.481 e. The number of aliphatic carboxylic acids is 1. The van der Waals surface area contributed by atoms with Crippen molar-refractivity contribution in [3.05, 3.63) is 65.2 Å². The number of carbonyl (C=O) groups is 6. The number of imide groups is 2. The first kappa shape index (κ1) is 28.2. The summed E-state index contributed by atoms with van der Waals surface area (Å²) in [5.41, 5.74) is -0.947. The van der Waals surface area contributed by atoms with Gasteiger partial charge in [0.1, 0.15) is 11.5 Å². The third-order valence-electron chi connectivity index (χ3n) is 8.18. The molecule has 3 heterocycles. The number of piperidine rings is 2. The minimum atomic E-state index is -1.80. The summed E-state index contributed by atoms with van der Waals surface area (Å²) in [7, 11) is 0. The Morgan fingerprint density at radius 1 is 0.927 bits per heavy atom. The van der Waals surface area contributed by atoms with Gasteiger partial charge < -0.3 is 10.4 Å². The van der Waals surface area contributed by atoms with Gasteiger partial charge in [0, 0.05) is 18.7 Å². The Balaban J connectivity index is 1.39. The molecule has 2 atom stereocenters. The van der Waals surface area contributed by atoms with E-state index in [4.69, 9.17) is 0 Å². The maximum Gasteiger partial charge on any atom is 0.315 e. The number of benzene rings is 2. The van der Waals surface area contributed by atoms with E-state index < -0.39 is 47.6 Å². The lowest BCUT2D eigenvalue weighted by molar-refractivity contribution is -0.155. The highest BCUT2D eigenvalue weighted by atomic mass is 16.4. The molecule has 11 nitrogen and oxygen atoms in total. The highest BCUT2D eigenvalue weighted by Gasteiger charge is 2.49. The SMILES string of the molecule is C[C@](CN1C(=O)CCC(N2C(=O)c3ccccc3C2=O)C1=O)(C(=O)O)c1ccccc1NC(=O)CN1CCCCC1. The maximum absolute atomic E-state index is 13.7. The van der Waals surface area contributed by atoms with Gasteiger partial charge in [0.2, 0.25) is 11.8 Å². The summed E-state index contributed by atoms with van der Waals surface area (Å²) in [6.07, 6.45) is 2.96. The first-order chi connectivity index (χ1) is 19.6. The van der Waals surface area contributed by atoms with Crippen LogP contribution in [0.25, 0.3) is 0 Å². The van der Waals surface area contributed by atoms with E-state index in [0.29, 0.717) is 0 Å². The van der Waals surface area contributed by atoms with Crippen LogP contribution in [-0.2, 0) is 24.6 Å². The van der Waals surface area contributed by atoms with E-state index in [1.54, 1.807) is 36.4 Å². The molecule has 3 aliphatic rings. The molecule has 214 valence electrons. The Kier molecular flexibility index (Phi) is 7.72. The number of rotatable bonds is 8. The van der Waals surface area contributed by atoms with Crippen LogP contribution in [0.3, 0.4) is 0 Å². The molecule has 41 heavy (non-hydrogen) atoms. The number of para-hydroxylation sites is 1. The second kappa shape index (κ2) is 11.2. The number of nitrogens with one attached hydrogen (secondary N) is 1. The zero-order valence-corrected chi connectivity index (χ0v) is 22.8. The average Bonchev–Trinajstić information content (AvgIpc) is 3.21. The molecule has 2 aromatic rings. The lowest BCUT2D eigenvalue weighted by Crippen LogP contribution is -2.59. The van der Waals surface area contributed by atoms with Crippen LogP contribution < -0.4 is 5.32 Å². The highest BCUT2D eigenvalue weighted by Crippen LogP contribution is 2.35. The van der Waals surface area contributed by atoms with Crippen LogP contribution in [0, 0.1) is 0 Å². The van der Waals surface area contributed by atoms with Crippen molar-refractivity contribution in [3.63, 3.8) is 0 Å². The van der Waals surface area contributed by atoms with Gasteiger partial charge in [-0.1, -0.05) is 36.8 Å². The molecule has 0 bridgehead atoms. The van der Waals surface area contributed by atoms with Crippen molar-refractivity contribution >= 4 is 41.2 Å². The smallest absolute Gasteiger partial charge is 0.315 e. The zero-order chi connectivity index (χ0) is 29.3. The first-order valence-electron chi connectivity index (χ1n) is 13.8. The van der Waals surface area contributed by atoms with Crippen molar-refractivity contribution in [2.24, 2.45) is 0 Å². The number of hydrogen-bond acceptors (Lipinski definition) is 7. The van der Waals surface area contributed by atoms with Gasteiger partial charge in [-0.05, 0) is 63.0 Å². The molecule has 2 saturated heterocycles.